The van der Waals surface area contributed by atoms with E-state index in [9.17, 15) is 8.60 Å². The smallest absolute Gasteiger partial charge is 0.137 e. The third-order valence-electron chi connectivity index (χ3n) is 2.08. The molecule has 1 aromatic rings. The summed E-state index contributed by atoms with van der Waals surface area (Å²) >= 11 is 3.07. The van der Waals surface area contributed by atoms with Gasteiger partial charge in [-0.3, -0.25) is 0 Å². The van der Waals surface area contributed by atoms with Crippen molar-refractivity contribution in [3.63, 3.8) is 0 Å². The van der Waals surface area contributed by atoms with Gasteiger partial charge >= 0.3 is 0 Å². The molecule has 0 aliphatic heterocycles. The van der Waals surface area contributed by atoms with Gasteiger partial charge in [-0.25, -0.2) is 8.60 Å². The van der Waals surface area contributed by atoms with E-state index in [1.807, 2.05) is 13.8 Å². The predicted octanol–water partition coefficient (Wildman–Crippen LogP) is 3.73. The first-order chi connectivity index (χ1) is 7.00. The molecule has 5 heteroatoms. The van der Waals surface area contributed by atoms with Crippen LogP contribution in [-0.2, 0) is 9.73 Å². The second-order valence-electron chi connectivity index (χ2n) is 3.04. The highest BCUT2D eigenvalue weighted by Gasteiger charge is 2.04. The van der Waals surface area contributed by atoms with E-state index in [-0.39, 0.29) is 5.82 Å². The molecule has 0 bridgehead atoms. The molecule has 0 atom stereocenters. The molecule has 0 amide bonds. The second kappa shape index (κ2) is 5.07. The first kappa shape index (κ1) is 12.6. The van der Waals surface area contributed by atoms with Crippen LogP contribution in [0.3, 0.4) is 0 Å². The number of hydrogen-bond acceptors (Lipinski definition) is 2. The normalized spacial score (nSPS) is 11.5. The molecule has 84 valence electrons. The first-order valence-corrected chi connectivity index (χ1v) is 7.33. The molecule has 0 aromatic heterocycles. The Labute approximate surface area is 98.2 Å². The average Bonchev–Trinajstić information content (AvgIpc) is 2.23. The summed E-state index contributed by atoms with van der Waals surface area (Å²) in [4.78, 5) is 0. The van der Waals surface area contributed by atoms with Crippen molar-refractivity contribution in [3.8, 4) is 0 Å². The molecule has 0 saturated carbocycles. The fourth-order valence-corrected chi connectivity index (χ4v) is 2.60. The Kier molecular flexibility index (Phi) is 4.28. The molecule has 2 nitrogen and oxygen atoms in total. The van der Waals surface area contributed by atoms with Crippen LogP contribution in [-0.4, -0.2) is 15.7 Å². The van der Waals surface area contributed by atoms with Crippen LogP contribution in [0.15, 0.2) is 27.0 Å². The first-order valence-electron chi connectivity index (χ1n) is 4.68. The molecule has 0 spiro atoms. The fourth-order valence-electron chi connectivity index (χ4n) is 1.07. The summed E-state index contributed by atoms with van der Waals surface area (Å²) in [5.74, 6) is 0.685. The third kappa shape index (κ3) is 3.28. The minimum Gasteiger partial charge on any atom is -0.249 e. The molecule has 0 aliphatic rings. The highest BCUT2D eigenvalue weighted by Crippen LogP contribution is 2.23. The Balaban J connectivity index is 3.19. The third-order valence-corrected chi connectivity index (χ3v) is 5.03. The van der Waals surface area contributed by atoms with Crippen molar-refractivity contribution in [1.29, 1.82) is 0 Å². The molecule has 0 radical (unpaired) electrons. The van der Waals surface area contributed by atoms with E-state index in [2.05, 4.69) is 20.3 Å². The summed E-state index contributed by atoms with van der Waals surface area (Å²) in [6.07, 6.45) is 0. The second-order valence-corrected chi connectivity index (χ2v) is 6.78. The summed E-state index contributed by atoms with van der Waals surface area (Å²) in [6.45, 7) is 3.68. The zero-order valence-corrected chi connectivity index (χ0v) is 11.1. The lowest BCUT2D eigenvalue weighted by Crippen LogP contribution is -2.04. The van der Waals surface area contributed by atoms with Crippen LogP contribution in [0.2, 0.25) is 0 Å². The molecule has 0 unspecified atom stereocenters. The van der Waals surface area contributed by atoms with Crippen LogP contribution in [0.25, 0.3) is 0 Å². The Morgan fingerprint density at radius 1 is 1.40 bits per heavy atom. The lowest BCUT2D eigenvalue weighted by atomic mass is 10.3. The van der Waals surface area contributed by atoms with Gasteiger partial charge in [-0.15, -0.1) is 0 Å². The topological polar surface area (TPSA) is 29.4 Å². The minimum absolute atomic E-state index is 0.339. The van der Waals surface area contributed by atoms with Crippen LogP contribution in [0.1, 0.15) is 13.8 Å². The van der Waals surface area contributed by atoms with Crippen molar-refractivity contribution in [1.82, 2.24) is 0 Å². The monoisotopic (exact) mass is 293 g/mol. The largest absolute Gasteiger partial charge is 0.249 e. The molecule has 0 aliphatic carbocycles. The quantitative estimate of drug-likeness (QED) is 0.835. The number of hydrogen-bond donors (Lipinski definition) is 0. The molecule has 0 heterocycles. The highest BCUT2D eigenvalue weighted by atomic mass is 79.9. The minimum atomic E-state index is -2.17. The molecule has 0 fully saturated rings. The van der Waals surface area contributed by atoms with Crippen molar-refractivity contribution in [2.24, 2.45) is 4.36 Å². The maximum absolute atomic E-state index is 12.9. The SMILES string of the molecule is CCS(=O)(CC)=Nc1ccc(F)c(Br)c1. The number of benzene rings is 1. The van der Waals surface area contributed by atoms with Crippen LogP contribution < -0.4 is 0 Å². The maximum Gasteiger partial charge on any atom is 0.137 e. The van der Waals surface area contributed by atoms with E-state index in [0.717, 1.165) is 0 Å². The molecule has 0 saturated heterocycles. The summed E-state index contributed by atoms with van der Waals surface area (Å²) < 4.78 is 29.5. The van der Waals surface area contributed by atoms with Gasteiger partial charge < -0.3 is 0 Å². The summed E-state index contributed by atoms with van der Waals surface area (Å²) in [5, 5.41) is 0. The van der Waals surface area contributed by atoms with E-state index in [4.69, 9.17) is 0 Å². The number of halogens is 2. The summed E-state index contributed by atoms with van der Waals surface area (Å²) in [7, 11) is -2.17. The van der Waals surface area contributed by atoms with Crippen molar-refractivity contribution < 1.29 is 8.60 Å². The Bertz CT molecular complexity index is 456. The molecular weight excluding hydrogens is 281 g/mol. The van der Waals surface area contributed by atoms with Gasteiger partial charge in [0.2, 0.25) is 0 Å². The van der Waals surface area contributed by atoms with Crippen LogP contribution in [0.5, 0.6) is 0 Å². The van der Waals surface area contributed by atoms with E-state index in [0.29, 0.717) is 21.7 Å². The van der Waals surface area contributed by atoms with E-state index < -0.39 is 9.73 Å². The van der Waals surface area contributed by atoms with Crippen molar-refractivity contribution in [2.75, 3.05) is 11.5 Å². The van der Waals surface area contributed by atoms with Crippen LogP contribution in [0.4, 0.5) is 10.1 Å². The van der Waals surface area contributed by atoms with Gasteiger partial charge in [0.1, 0.15) is 5.82 Å². The van der Waals surface area contributed by atoms with Gasteiger partial charge in [-0.05, 0) is 34.1 Å². The summed E-state index contributed by atoms with van der Waals surface area (Å²) in [6, 6.07) is 4.39. The molecular formula is C10H13BrFNOS. The number of rotatable bonds is 3. The molecule has 0 N–H and O–H groups in total. The maximum atomic E-state index is 12.9. The lowest BCUT2D eigenvalue weighted by Gasteiger charge is -2.04. The Morgan fingerprint density at radius 2 is 2.00 bits per heavy atom. The van der Waals surface area contributed by atoms with Crippen LogP contribution in [0, 0.1) is 5.82 Å². The van der Waals surface area contributed by atoms with Gasteiger partial charge in [0.15, 0.2) is 0 Å². The Hall–Kier alpha value is -0.420. The van der Waals surface area contributed by atoms with Gasteiger partial charge in [0.25, 0.3) is 0 Å². The van der Waals surface area contributed by atoms with Gasteiger partial charge in [0.05, 0.1) is 19.9 Å². The molecule has 1 rings (SSSR count). The zero-order valence-electron chi connectivity index (χ0n) is 8.67. The lowest BCUT2D eigenvalue weighted by molar-refractivity contribution is 0.621. The van der Waals surface area contributed by atoms with E-state index >= 15 is 0 Å². The number of nitrogens with zero attached hydrogens (tertiary/aromatic N) is 1. The molecule has 15 heavy (non-hydrogen) atoms. The van der Waals surface area contributed by atoms with Crippen molar-refractivity contribution in [3.05, 3.63) is 28.5 Å². The summed E-state index contributed by atoms with van der Waals surface area (Å²) in [5.41, 5.74) is 0.553. The highest BCUT2D eigenvalue weighted by molar-refractivity contribution is 9.10. The Morgan fingerprint density at radius 3 is 2.47 bits per heavy atom. The zero-order chi connectivity index (χ0) is 11.5. The fraction of sp³-hybridized carbons (Fsp3) is 0.400. The van der Waals surface area contributed by atoms with Crippen molar-refractivity contribution >= 4 is 31.3 Å². The molecule has 1 aromatic carbocycles. The van der Waals surface area contributed by atoms with Crippen LogP contribution >= 0.6 is 15.9 Å². The van der Waals surface area contributed by atoms with Gasteiger partial charge in [0, 0.05) is 11.5 Å². The standard InChI is InChI=1S/C10H13BrFNOS/c1-3-15(14,4-2)13-8-5-6-10(12)9(11)7-8/h5-7H,3-4H2,1-2H3. The van der Waals surface area contributed by atoms with Gasteiger partial charge in [-0.1, -0.05) is 13.8 Å². The van der Waals surface area contributed by atoms with E-state index in [1.165, 1.54) is 12.1 Å². The predicted molar refractivity (Wildman–Crippen MR) is 65.4 cm³/mol. The van der Waals surface area contributed by atoms with E-state index in [1.54, 1.807) is 6.07 Å². The van der Waals surface area contributed by atoms with Gasteiger partial charge in [-0.2, -0.15) is 4.36 Å². The average molecular weight is 294 g/mol. The van der Waals surface area contributed by atoms with Crippen molar-refractivity contribution in [2.45, 2.75) is 13.8 Å².